The predicted molar refractivity (Wildman–Crippen MR) is 129 cm³/mol. The number of nitrogens with one attached hydrogen (secondary N) is 4. The Balaban J connectivity index is 1.32. The van der Waals surface area contributed by atoms with Crippen LogP contribution in [0.1, 0.15) is 51.9 Å². The standard InChI is InChI=1S/C24H35N7O2/c1-15-11-22(30-29-15)27-21-14-20-19(7-4-9-25-20)24(28-21)26-16-12-17-5-3-6-18(13-16)31(17)10-8-23(32)33-2/h4,7,9,14-18,22,29-30H,3,5-6,8,10-13H2,1-2H3,(H2,26,27,28)/t15?,16?,17-,18+,22?. The molecule has 9 nitrogen and oxygen atoms in total. The van der Waals surface area contributed by atoms with Crippen molar-refractivity contribution in [3.63, 3.8) is 0 Å². The zero-order valence-corrected chi connectivity index (χ0v) is 19.5. The van der Waals surface area contributed by atoms with E-state index in [0.717, 1.165) is 48.3 Å². The molecule has 2 aromatic heterocycles. The Hall–Kier alpha value is -2.49. The van der Waals surface area contributed by atoms with Crippen molar-refractivity contribution < 1.29 is 9.53 Å². The number of hydrogen-bond donors (Lipinski definition) is 4. The number of fused-ring (bicyclic) bond motifs is 3. The van der Waals surface area contributed by atoms with Crippen LogP contribution < -0.4 is 21.5 Å². The van der Waals surface area contributed by atoms with E-state index >= 15 is 0 Å². The molecule has 0 spiro atoms. The highest BCUT2D eigenvalue weighted by atomic mass is 16.5. The van der Waals surface area contributed by atoms with Gasteiger partial charge < -0.3 is 15.4 Å². The minimum absolute atomic E-state index is 0.123. The molecule has 3 aliphatic rings. The van der Waals surface area contributed by atoms with Gasteiger partial charge in [0.05, 0.1) is 25.2 Å². The first-order valence-corrected chi connectivity index (χ1v) is 12.2. The first kappa shape index (κ1) is 22.3. The summed E-state index contributed by atoms with van der Waals surface area (Å²) < 4.78 is 4.86. The molecule has 5 atom stereocenters. The Bertz CT molecular complexity index is 972. The molecule has 9 heteroatoms. The van der Waals surface area contributed by atoms with Gasteiger partial charge in [0.15, 0.2) is 0 Å². The monoisotopic (exact) mass is 453 g/mol. The number of rotatable bonds is 7. The molecule has 3 fully saturated rings. The van der Waals surface area contributed by atoms with Crippen molar-refractivity contribution in [2.24, 2.45) is 0 Å². The molecule has 0 aliphatic carbocycles. The van der Waals surface area contributed by atoms with Crippen molar-refractivity contribution in [3.05, 3.63) is 24.4 Å². The Morgan fingerprint density at radius 2 is 2.03 bits per heavy atom. The van der Waals surface area contributed by atoms with E-state index in [1.807, 2.05) is 18.3 Å². The second kappa shape index (κ2) is 9.79. The maximum Gasteiger partial charge on any atom is 0.306 e. The number of carbonyl (C=O) groups excluding carboxylic acids is 1. The van der Waals surface area contributed by atoms with Crippen LogP contribution in [0.25, 0.3) is 10.9 Å². The molecule has 2 bridgehead atoms. The van der Waals surface area contributed by atoms with Crippen LogP contribution in [-0.4, -0.2) is 64.8 Å². The van der Waals surface area contributed by atoms with Crippen LogP contribution >= 0.6 is 0 Å². The van der Waals surface area contributed by atoms with E-state index in [9.17, 15) is 4.79 Å². The normalized spacial score (nSPS) is 29.7. The van der Waals surface area contributed by atoms with Gasteiger partial charge in [0.1, 0.15) is 11.6 Å². The zero-order valence-electron chi connectivity index (χ0n) is 19.5. The first-order valence-electron chi connectivity index (χ1n) is 12.2. The number of esters is 1. The fraction of sp³-hybridized carbons (Fsp3) is 0.625. The number of anilines is 2. The van der Waals surface area contributed by atoms with Crippen LogP contribution in [-0.2, 0) is 9.53 Å². The van der Waals surface area contributed by atoms with E-state index in [0.29, 0.717) is 30.6 Å². The van der Waals surface area contributed by atoms with E-state index in [1.54, 1.807) is 0 Å². The first-order chi connectivity index (χ1) is 16.1. The maximum absolute atomic E-state index is 11.7. The second-order valence-corrected chi connectivity index (χ2v) is 9.66. The largest absolute Gasteiger partial charge is 0.469 e. The van der Waals surface area contributed by atoms with Crippen LogP contribution in [0.5, 0.6) is 0 Å². The van der Waals surface area contributed by atoms with Crippen molar-refractivity contribution in [3.8, 4) is 0 Å². The third-order valence-corrected chi connectivity index (χ3v) is 7.28. The number of pyridine rings is 2. The van der Waals surface area contributed by atoms with E-state index in [2.05, 4.69) is 44.4 Å². The number of hydrogen-bond acceptors (Lipinski definition) is 9. The third-order valence-electron chi connectivity index (χ3n) is 7.28. The number of aromatic nitrogens is 2. The summed E-state index contributed by atoms with van der Waals surface area (Å²) in [6.45, 7) is 2.95. The van der Waals surface area contributed by atoms with Crippen molar-refractivity contribution in [1.82, 2.24) is 25.7 Å². The van der Waals surface area contributed by atoms with Gasteiger partial charge in [0.25, 0.3) is 0 Å². The molecule has 0 amide bonds. The molecule has 4 N–H and O–H groups in total. The molecule has 178 valence electrons. The van der Waals surface area contributed by atoms with E-state index in [4.69, 9.17) is 9.72 Å². The molecule has 3 saturated heterocycles. The van der Waals surface area contributed by atoms with Gasteiger partial charge in [-0.3, -0.25) is 20.1 Å². The molecule has 5 rings (SSSR count). The highest BCUT2D eigenvalue weighted by Gasteiger charge is 2.38. The topological polar surface area (TPSA) is 103 Å². The van der Waals surface area contributed by atoms with Gasteiger partial charge in [0, 0.05) is 48.4 Å². The quantitative estimate of drug-likeness (QED) is 0.471. The van der Waals surface area contributed by atoms with Gasteiger partial charge >= 0.3 is 5.97 Å². The zero-order chi connectivity index (χ0) is 22.8. The lowest BCUT2D eigenvalue weighted by atomic mass is 9.81. The number of carbonyl (C=O) groups is 1. The summed E-state index contributed by atoms with van der Waals surface area (Å²) in [7, 11) is 1.47. The average Bonchev–Trinajstić information content (AvgIpc) is 3.21. The second-order valence-electron chi connectivity index (χ2n) is 9.66. The van der Waals surface area contributed by atoms with Crippen molar-refractivity contribution in [2.75, 3.05) is 24.3 Å². The van der Waals surface area contributed by atoms with E-state index in [-0.39, 0.29) is 12.1 Å². The highest BCUT2D eigenvalue weighted by molar-refractivity contribution is 5.91. The van der Waals surface area contributed by atoms with Crippen molar-refractivity contribution in [2.45, 2.75) is 82.2 Å². The minimum atomic E-state index is -0.123. The Morgan fingerprint density at radius 1 is 1.21 bits per heavy atom. The van der Waals surface area contributed by atoms with Gasteiger partial charge in [0.2, 0.25) is 0 Å². The van der Waals surface area contributed by atoms with Gasteiger partial charge in [-0.1, -0.05) is 6.42 Å². The summed E-state index contributed by atoms with van der Waals surface area (Å²) >= 11 is 0. The van der Waals surface area contributed by atoms with Crippen LogP contribution in [0, 0.1) is 0 Å². The van der Waals surface area contributed by atoms with Crippen LogP contribution in [0.4, 0.5) is 11.6 Å². The number of hydrazine groups is 1. The van der Waals surface area contributed by atoms with Gasteiger partial charge in [-0.2, -0.15) is 0 Å². The van der Waals surface area contributed by atoms with Crippen LogP contribution in [0.15, 0.2) is 24.4 Å². The highest BCUT2D eigenvalue weighted by Crippen LogP contribution is 2.36. The van der Waals surface area contributed by atoms with Crippen LogP contribution in [0.3, 0.4) is 0 Å². The summed E-state index contributed by atoms with van der Waals surface area (Å²) in [5, 5.41) is 8.33. The molecule has 33 heavy (non-hydrogen) atoms. The van der Waals surface area contributed by atoms with Crippen molar-refractivity contribution >= 4 is 28.5 Å². The lowest BCUT2D eigenvalue weighted by Crippen LogP contribution is -2.55. The number of ether oxygens (including phenoxy) is 1. The Kier molecular flexibility index (Phi) is 6.62. The van der Waals surface area contributed by atoms with E-state index < -0.39 is 0 Å². The number of piperidine rings is 2. The minimum Gasteiger partial charge on any atom is -0.469 e. The Morgan fingerprint density at radius 3 is 2.76 bits per heavy atom. The average molecular weight is 454 g/mol. The summed E-state index contributed by atoms with van der Waals surface area (Å²) in [5.41, 5.74) is 7.47. The molecular weight excluding hydrogens is 418 g/mol. The molecule has 5 heterocycles. The lowest BCUT2D eigenvalue weighted by molar-refractivity contribution is -0.141. The number of methoxy groups -OCH3 is 1. The van der Waals surface area contributed by atoms with Crippen molar-refractivity contribution in [1.29, 1.82) is 0 Å². The summed E-state index contributed by atoms with van der Waals surface area (Å²) in [4.78, 5) is 23.8. The Labute approximate surface area is 195 Å². The molecular formula is C24H35N7O2. The fourth-order valence-electron chi connectivity index (χ4n) is 5.72. The summed E-state index contributed by atoms with van der Waals surface area (Å²) in [6, 6.07) is 7.85. The molecule has 0 aromatic carbocycles. The number of nitrogens with zero attached hydrogens (tertiary/aromatic N) is 3. The SMILES string of the molecule is COC(=O)CCN1[C@@H]2CCC[C@H]1CC(Nc1nc(NC3CC(C)NN3)cc3ncccc13)C2. The summed E-state index contributed by atoms with van der Waals surface area (Å²) in [5.74, 6) is 1.60. The van der Waals surface area contributed by atoms with Gasteiger partial charge in [-0.05, 0) is 51.2 Å². The smallest absolute Gasteiger partial charge is 0.306 e. The molecule has 0 radical (unpaired) electrons. The lowest BCUT2D eigenvalue weighted by Gasteiger charge is -2.49. The fourth-order valence-corrected chi connectivity index (χ4v) is 5.72. The molecule has 0 saturated carbocycles. The van der Waals surface area contributed by atoms with Gasteiger partial charge in [-0.15, -0.1) is 0 Å². The van der Waals surface area contributed by atoms with Crippen LogP contribution in [0.2, 0.25) is 0 Å². The van der Waals surface area contributed by atoms with E-state index in [1.165, 1.54) is 26.4 Å². The summed E-state index contributed by atoms with van der Waals surface area (Å²) in [6.07, 6.45) is 9.18. The van der Waals surface area contributed by atoms with Gasteiger partial charge in [-0.25, -0.2) is 10.4 Å². The maximum atomic E-state index is 11.7. The molecule has 3 unspecified atom stereocenters. The molecule has 2 aromatic rings. The predicted octanol–water partition coefficient (Wildman–Crippen LogP) is 2.61. The molecule has 3 aliphatic heterocycles. The third kappa shape index (κ3) is 5.05.